The summed E-state index contributed by atoms with van der Waals surface area (Å²) in [5, 5.41) is 14.2. The Kier molecular flexibility index (Phi) is 6.64. The molecule has 0 aromatic carbocycles. The second kappa shape index (κ2) is 8.00. The molecule has 1 fully saturated rings. The van der Waals surface area contributed by atoms with E-state index in [0.29, 0.717) is 0 Å². The van der Waals surface area contributed by atoms with E-state index in [0.717, 1.165) is 25.7 Å². The molecule has 7 nitrogen and oxygen atoms in total. The molecule has 7 heteroatoms. The van der Waals surface area contributed by atoms with Crippen molar-refractivity contribution in [1.82, 2.24) is 10.6 Å². The number of amides is 2. The van der Waals surface area contributed by atoms with Gasteiger partial charge in [-0.1, -0.05) is 19.3 Å². The molecule has 1 rings (SSSR count). The zero-order chi connectivity index (χ0) is 16.8. The van der Waals surface area contributed by atoms with Crippen LogP contribution in [-0.2, 0) is 14.3 Å². The number of hydrogen-bond acceptors (Lipinski definition) is 4. The quantitative estimate of drug-likeness (QED) is 0.717. The van der Waals surface area contributed by atoms with Crippen LogP contribution < -0.4 is 10.6 Å². The highest BCUT2D eigenvalue weighted by molar-refractivity contribution is 5.87. The first-order chi connectivity index (χ1) is 10.2. The molecule has 1 atom stereocenters. The standard InChI is InChI=1S/C15H26N2O5/c1-15(2,3)22-14(21)17-11(13(19)20)9-12(18)16-10-7-5-4-6-8-10/h10-11H,4-9H2,1-3H3,(H,16,18)(H,17,21)(H,19,20)/t11-/m0/s1. The summed E-state index contributed by atoms with van der Waals surface area (Å²) in [4.78, 5) is 34.7. The van der Waals surface area contributed by atoms with Crippen molar-refractivity contribution in [1.29, 1.82) is 0 Å². The van der Waals surface area contributed by atoms with Crippen molar-refractivity contribution in [2.75, 3.05) is 0 Å². The van der Waals surface area contributed by atoms with Gasteiger partial charge in [0.2, 0.25) is 5.91 Å². The Hall–Kier alpha value is -1.79. The van der Waals surface area contributed by atoms with Crippen molar-refractivity contribution < 1.29 is 24.2 Å². The van der Waals surface area contributed by atoms with Gasteiger partial charge in [-0.25, -0.2) is 9.59 Å². The second-order valence-electron chi connectivity index (χ2n) is 6.64. The fourth-order valence-electron chi connectivity index (χ4n) is 2.37. The molecule has 0 radical (unpaired) electrons. The summed E-state index contributed by atoms with van der Waals surface area (Å²) in [5.74, 6) is -1.62. The minimum absolute atomic E-state index is 0.109. The van der Waals surface area contributed by atoms with Crippen LogP contribution in [0.2, 0.25) is 0 Å². The largest absolute Gasteiger partial charge is 0.480 e. The number of rotatable bonds is 5. The van der Waals surface area contributed by atoms with E-state index in [4.69, 9.17) is 9.84 Å². The molecule has 126 valence electrons. The van der Waals surface area contributed by atoms with Crippen molar-refractivity contribution in [2.24, 2.45) is 0 Å². The Morgan fingerprint density at radius 3 is 2.27 bits per heavy atom. The summed E-state index contributed by atoms with van der Waals surface area (Å²) in [6, 6.07) is -1.18. The third kappa shape index (κ3) is 7.28. The molecule has 1 saturated carbocycles. The lowest BCUT2D eigenvalue weighted by atomic mass is 9.95. The van der Waals surface area contributed by atoms with Crippen molar-refractivity contribution in [3.05, 3.63) is 0 Å². The number of alkyl carbamates (subject to hydrolysis) is 1. The number of nitrogens with one attached hydrogen (secondary N) is 2. The number of carboxylic acids is 1. The smallest absolute Gasteiger partial charge is 0.408 e. The Labute approximate surface area is 130 Å². The third-order valence-corrected chi connectivity index (χ3v) is 3.35. The number of hydrogen-bond donors (Lipinski definition) is 3. The van der Waals surface area contributed by atoms with E-state index in [1.807, 2.05) is 0 Å². The molecule has 2 amide bonds. The fourth-order valence-corrected chi connectivity index (χ4v) is 2.37. The Morgan fingerprint density at radius 1 is 1.18 bits per heavy atom. The summed E-state index contributed by atoms with van der Waals surface area (Å²) in [7, 11) is 0. The van der Waals surface area contributed by atoms with Crippen LogP contribution in [0.15, 0.2) is 0 Å². The van der Waals surface area contributed by atoms with E-state index in [2.05, 4.69) is 10.6 Å². The predicted octanol–water partition coefficient (Wildman–Crippen LogP) is 1.80. The van der Waals surface area contributed by atoms with E-state index in [9.17, 15) is 14.4 Å². The molecule has 0 aromatic heterocycles. The van der Waals surface area contributed by atoms with Gasteiger partial charge in [-0.15, -0.1) is 0 Å². The van der Waals surface area contributed by atoms with Crippen LogP contribution in [0.4, 0.5) is 4.79 Å². The maximum atomic E-state index is 11.9. The highest BCUT2D eigenvalue weighted by Crippen LogP contribution is 2.17. The zero-order valence-corrected chi connectivity index (χ0v) is 13.5. The van der Waals surface area contributed by atoms with E-state index in [-0.39, 0.29) is 18.4 Å². The first-order valence-electron chi connectivity index (χ1n) is 7.69. The van der Waals surface area contributed by atoms with Gasteiger partial charge in [0.1, 0.15) is 11.6 Å². The summed E-state index contributed by atoms with van der Waals surface area (Å²) in [6.07, 6.45) is 4.01. The molecule has 0 spiro atoms. The molecule has 1 aliphatic rings. The lowest BCUT2D eigenvalue weighted by Gasteiger charge is -2.24. The van der Waals surface area contributed by atoms with Crippen molar-refractivity contribution in [3.63, 3.8) is 0 Å². The Morgan fingerprint density at radius 2 is 1.77 bits per heavy atom. The molecular weight excluding hydrogens is 288 g/mol. The van der Waals surface area contributed by atoms with Crippen LogP contribution >= 0.6 is 0 Å². The Bertz CT molecular complexity index is 411. The molecule has 3 N–H and O–H groups in total. The number of aliphatic carboxylic acids is 1. The summed E-state index contributed by atoms with van der Waals surface area (Å²) in [6.45, 7) is 5.04. The lowest BCUT2D eigenvalue weighted by molar-refractivity contribution is -0.141. The molecule has 0 heterocycles. The van der Waals surface area contributed by atoms with Crippen molar-refractivity contribution in [3.8, 4) is 0 Å². The van der Waals surface area contributed by atoms with Crippen molar-refractivity contribution in [2.45, 2.75) is 77.0 Å². The van der Waals surface area contributed by atoms with Gasteiger partial charge in [0.25, 0.3) is 0 Å². The van der Waals surface area contributed by atoms with E-state index < -0.39 is 23.7 Å². The van der Waals surface area contributed by atoms with Gasteiger partial charge >= 0.3 is 12.1 Å². The molecule has 0 saturated heterocycles. The summed E-state index contributed by atoms with van der Waals surface area (Å²) < 4.78 is 5.00. The molecule has 1 aliphatic carbocycles. The normalized spacial score (nSPS) is 17.4. The average molecular weight is 314 g/mol. The van der Waals surface area contributed by atoms with Crippen LogP contribution in [0.5, 0.6) is 0 Å². The number of carboxylic acid groups (broad SMARTS) is 1. The van der Waals surface area contributed by atoms with Crippen LogP contribution in [0.3, 0.4) is 0 Å². The molecule has 0 aliphatic heterocycles. The van der Waals surface area contributed by atoms with Crippen molar-refractivity contribution >= 4 is 18.0 Å². The van der Waals surface area contributed by atoms with Gasteiger partial charge in [-0.3, -0.25) is 4.79 Å². The monoisotopic (exact) mass is 314 g/mol. The number of carbonyl (C=O) groups is 3. The highest BCUT2D eigenvalue weighted by atomic mass is 16.6. The first-order valence-corrected chi connectivity index (χ1v) is 7.69. The third-order valence-electron chi connectivity index (χ3n) is 3.35. The molecule has 0 aromatic rings. The maximum absolute atomic E-state index is 11.9. The maximum Gasteiger partial charge on any atom is 0.408 e. The van der Waals surface area contributed by atoms with E-state index >= 15 is 0 Å². The van der Waals surface area contributed by atoms with Crippen LogP contribution in [-0.4, -0.2) is 40.8 Å². The Balaban J connectivity index is 2.47. The zero-order valence-electron chi connectivity index (χ0n) is 13.5. The topological polar surface area (TPSA) is 105 Å². The highest BCUT2D eigenvalue weighted by Gasteiger charge is 2.27. The summed E-state index contributed by atoms with van der Waals surface area (Å²) >= 11 is 0. The van der Waals surface area contributed by atoms with Gasteiger partial charge in [0, 0.05) is 6.04 Å². The molecule has 0 unspecified atom stereocenters. The molecular formula is C15H26N2O5. The predicted molar refractivity (Wildman–Crippen MR) is 80.4 cm³/mol. The molecule has 0 bridgehead atoms. The van der Waals surface area contributed by atoms with Crippen LogP contribution in [0.25, 0.3) is 0 Å². The summed E-state index contributed by atoms with van der Waals surface area (Å²) in [5.41, 5.74) is -0.725. The van der Waals surface area contributed by atoms with Gasteiger partial charge in [0.15, 0.2) is 0 Å². The SMILES string of the molecule is CC(C)(C)OC(=O)N[C@@H](CC(=O)NC1CCCCC1)C(=O)O. The van der Waals surface area contributed by atoms with Gasteiger partial charge in [-0.05, 0) is 33.6 Å². The lowest BCUT2D eigenvalue weighted by Crippen LogP contribution is -2.47. The minimum atomic E-state index is -1.29. The first kappa shape index (κ1) is 18.3. The second-order valence-corrected chi connectivity index (χ2v) is 6.64. The van der Waals surface area contributed by atoms with Crippen LogP contribution in [0.1, 0.15) is 59.3 Å². The van der Waals surface area contributed by atoms with Gasteiger partial charge in [0.05, 0.1) is 6.42 Å². The fraction of sp³-hybridized carbons (Fsp3) is 0.800. The van der Waals surface area contributed by atoms with Crippen LogP contribution in [0, 0.1) is 0 Å². The van der Waals surface area contributed by atoms with E-state index in [1.54, 1.807) is 20.8 Å². The van der Waals surface area contributed by atoms with E-state index in [1.165, 1.54) is 6.42 Å². The number of carbonyl (C=O) groups excluding carboxylic acids is 2. The average Bonchev–Trinajstić information content (AvgIpc) is 2.36. The molecule has 22 heavy (non-hydrogen) atoms. The van der Waals surface area contributed by atoms with Gasteiger partial charge in [-0.2, -0.15) is 0 Å². The number of ether oxygens (including phenoxy) is 1. The minimum Gasteiger partial charge on any atom is -0.480 e. The van der Waals surface area contributed by atoms with Gasteiger partial charge < -0.3 is 20.5 Å².